The fourth-order valence-electron chi connectivity index (χ4n) is 6.41. The molecular formula is C30H38N4O2. The molecule has 2 amide bonds. The third-order valence-corrected chi connectivity index (χ3v) is 8.57. The number of para-hydroxylation sites is 1. The molecule has 3 unspecified atom stereocenters. The molecule has 6 heteroatoms. The Morgan fingerprint density at radius 2 is 1.75 bits per heavy atom. The maximum atomic E-state index is 13.5. The van der Waals surface area contributed by atoms with Gasteiger partial charge < -0.3 is 20.9 Å². The molecule has 2 aliphatic rings. The summed E-state index contributed by atoms with van der Waals surface area (Å²) >= 11 is 0. The van der Waals surface area contributed by atoms with Crippen molar-refractivity contribution in [3.05, 3.63) is 71.9 Å². The van der Waals surface area contributed by atoms with Crippen LogP contribution >= 0.6 is 0 Å². The zero-order chi connectivity index (χ0) is 25.3. The van der Waals surface area contributed by atoms with Crippen LogP contribution in [0.4, 0.5) is 0 Å². The lowest BCUT2D eigenvalue weighted by molar-refractivity contribution is -0.127. The Balaban J connectivity index is 1.24. The number of fused-ring (bicyclic) bond motifs is 1. The first-order valence-electron chi connectivity index (χ1n) is 13.3. The van der Waals surface area contributed by atoms with Gasteiger partial charge in [0.1, 0.15) is 5.69 Å². The Bertz CT molecular complexity index is 1240. The van der Waals surface area contributed by atoms with Crippen molar-refractivity contribution in [2.24, 2.45) is 24.6 Å². The third-order valence-electron chi connectivity index (χ3n) is 8.57. The molecule has 2 aliphatic carbocycles. The minimum atomic E-state index is -0.325. The Labute approximate surface area is 213 Å². The second-order valence-corrected chi connectivity index (χ2v) is 11.1. The van der Waals surface area contributed by atoms with Crippen molar-refractivity contribution in [1.82, 2.24) is 15.2 Å². The number of amides is 2. The summed E-state index contributed by atoms with van der Waals surface area (Å²) in [6.07, 6.45) is 6.12. The molecule has 1 heterocycles. The number of hydrogen-bond acceptors (Lipinski definition) is 3. The molecule has 190 valence electrons. The van der Waals surface area contributed by atoms with E-state index in [1.807, 2.05) is 60.1 Å². The van der Waals surface area contributed by atoms with Gasteiger partial charge in [0.15, 0.2) is 0 Å². The molecule has 3 aromatic rings. The molecule has 6 nitrogen and oxygen atoms in total. The number of rotatable bonds is 6. The topological polar surface area (TPSA) is 89.2 Å². The molecule has 36 heavy (non-hydrogen) atoms. The van der Waals surface area contributed by atoms with E-state index in [1.165, 1.54) is 5.56 Å². The summed E-state index contributed by atoms with van der Waals surface area (Å²) in [7, 11) is 1.91. The lowest BCUT2D eigenvalue weighted by atomic mass is 9.83. The number of carbonyl (C=O) groups is 2. The molecule has 0 radical (unpaired) electrons. The first-order valence-corrected chi connectivity index (χ1v) is 13.3. The van der Waals surface area contributed by atoms with E-state index in [0.29, 0.717) is 11.6 Å². The highest BCUT2D eigenvalue weighted by atomic mass is 16.2. The lowest BCUT2D eigenvalue weighted by Crippen LogP contribution is -2.51. The van der Waals surface area contributed by atoms with Gasteiger partial charge in [-0.05, 0) is 55.7 Å². The maximum absolute atomic E-state index is 13.5. The highest BCUT2D eigenvalue weighted by Gasteiger charge is 2.43. The highest BCUT2D eigenvalue weighted by molar-refractivity contribution is 5.99. The van der Waals surface area contributed by atoms with E-state index in [1.54, 1.807) is 0 Å². The van der Waals surface area contributed by atoms with Gasteiger partial charge in [0, 0.05) is 35.6 Å². The van der Waals surface area contributed by atoms with E-state index in [0.717, 1.165) is 55.8 Å². The van der Waals surface area contributed by atoms with E-state index >= 15 is 0 Å². The summed E-state index contributed by atoms with van der Waals surface area (Å²) in [5.74, 6) is 0.0425. The smallest absolute Gasteiger partial charge is 0.268 e. The number of hydrogen-bond donors (Lipinski definition) is 3. The zero-order valence-electron chi connectivity index (χ0n) is 21.4. The summed E-state index contributed by atoms with van der Waals surface area (Å²) in [6.45, 7) is 2.20. The molecular weight excluding hydrogens is 448 g/mol. The van der Waals surface area contributed by atoms with Gasteiger partial charge in [0.2, 0.25) is 5.91 Å². The quantitative estimate of drug-likeness (QED) is 0.485. The second-order valence-electron chi connectivity index (χ2n) is 11.1. The van der Waals surface area contributed by atoms with E-state index in [2.05, 4.69) is 29.7 Å². The minimum Gasteiger partial charge on any atom is -0.353 e. The van der Waals surface area contributed by atoms with Crippen LogP contribution < -0.4 is 16.4 Å². The van der Waals surface area contributed by atoms with Gasteiger partial charge in [0.05, 0.1) is 5.92 Å². The molecule has 2 fully saturated rings. The number of aromatic nitrogens is 1. The molecule has 0 bridgehead atoms. The number of benzene rings is 2. The molecule has 4 N–H and O–H groups in total. The Kier molecular flexibility index (Phi) is 6.89. The Morgan fingerprint density at radius 3 is 2.53 bits per heavy atom. The predicted molar refractivity (Wildman–Crippen MR) is 144 cm³/mol. The molecule has 5 atom stereocenters. The van der Waals surface area contributed by atoms with Crippen LogP contribution in [0, 0.1) is 11.8 Å². The molecule has 2 saturated carbocycles. The van der Waals surface area contributed by atoms with Crippen molar-refractivity contribution in [2.45, 2.75) is 69.5 Å². The largest absolute Gasteiger partial charge is 0.353 e. The van der Waals surface area contributed by atoms with E-state index in [9.17, 15) is 9.59 Å². The van der Waals surface area contributed by atoms with Crippen molar-refractivity contribution in [2.75, 3.05) is 0 Å². The minimum absolute atomic E-state index is 0.0539. The monoisotopic (exact) mass is 486 g/mol. The van der Waals surface area contributed by atoms with Gasteiger partial charge in [-0.25, -0.2) is 0 Å². The van der Waals surface area contributed by atoms with Gasteiger partial charge in [-0.3, -0.25) is 9.59 Å². The number of nitrogens with two attached hydrogens (primary N) is 1. The summed E-state index contributed by atoms with van der Waals surface area (Å²) < 4.78 is 1.93. The molecule has 2 aromatic carbocycles. The van der Waals surface area contributed by atoms with Crippen LogP contribution in [0.5, 0.6) is 0 Å². The fraction of sp³-hybridized carbons (Fsp3) is 0.467. The average Bonchev–Trinajstić information content (AvgIpc) is 3.35. The van der Waals surface area contributed by atoms with Crippen LogP contribution in [0.1, 0.15) is 61.5 Å². The van der Waals surface area contributed by atoms with Crippen LogP contribution in [-0.2, 0) is 18.3 Å². The SMILES string of the molecule is CC1CC(NC(=O)[C@@H]2CCCC[C@@H]2NC(=O)c2cc3ccccc3n2C)CC1(N)Cc1ccccc1. The third kappa shape index (κ3) is 4.92. The average molecular weight is 487 g/mol. The van der Waals surface area contributed by atoms with Gasteiger partial charge in [-0.2, -0.15) is 0 Å². The van der Waals surface area contributed by atoms with Gasteiger partial charge in [-0.15, -0.1) is 0 Å². The first kappa shape index (κ1) is 24.6. The van der Waals surface area contributed by atoms with Crippen molar-refractivity contribution in [3.63, 3.8) is 0 Å². The predicted octanol–water partition coefficient (Wildman–Crippen LogP) is 4.32. The van der Waals surface area contributed by atoms with E-state index in [4.69, 9.17) is 5.73 Å². The van der Waals surface area contributed by atoms with Crippen molar-refractivity contribution in [1.29, 1.82) is 0 Å². The van der Waals surface area contributed by atoms with Crippen LogP contribution in [0.15, 0.2) is 60.7 Å². The van der Waals surface area contributed by atoms with Crippen molar-refractivity contribution >= 4 is 22.7 Å². The van der Waals surface area contributed by atoms with Crippen LogP contribution in [0.25, 0.3) is 10.9 Å². The van der Waals surface area contributed by atoms with E-state index < -0.39 is 0 Å². The maximum Gasteiger partial charge on any atom is 0.268 e. The Hall–Kier alpha value is -3.12. The summed E-state index contributed by atoms with van der Waals surface area (Å²) in [5, 5.41) is 7.57. The summed E-state index contributed by atoms with van der Waals surface area (Å²) in [4.78, 5) is 26.7. The van der Waals surface area contributed by atoms with Crippen LogP contribution in [0.3, 0.4) is 0 Å². The number of nitrogens with zero attached hydrogens (tertiary/aromatic N) is 1. The van der Waals surface area contributed by atoms with Crippen LogP contribution in [0.2, 0.25) is 0 Å². The summed E-state index contributed by atoms with van der Waals surface area (Å²) in [5.41, 5.74) is 9.43. The molecule has 0 spiro atoms. The molecule has 5 rings (SSSR count). The number of nitrogens with one attached hydrogen (secondary N) is 2. The van der Waals surface area contributed by atoms with Crippen molar-refractivity contribution < 1.29 is 9.59 Å². The van der Waals surface area contributed by atoms with Gasteiger partial charge in [-0.1, -0.05) is 68.3 Å². The number of aryl methyl sites for hydroxylation is 1. The van der Waals surface area contributed by atoms with E-state index in [-0.39, 0.29) is 35.4 Å². The fourth-order valence-corrected chi connectivity index (χ4v) is 6.41. The Morgan fingerprint density at radius 1 is 1.03 bits per heavy atom. The molecule has 1 aromatic heterocycles. The normalized spacial score (nSPS) is 28.2. The van der Waals surface area contributed by atoms with Crippen molar-refractivity contribution in [3.8, 4) is 0 Å². The highest BCUT2D eigenvalue weighted by Crippen LogP contribution is 2.37. The zero-order valence-corrected chi connectivity index (χ0v) is 21.4. The van der Waals surface area contributed by atoms with Gasteiger partial charge >= 0.3 is 0 Å². The standard InChI is InChI=1S/C30H38N4O2/c1-20-16-23(19-30(20,31)18-21-10-4-3-5-11-21)32-28(35)24-13-7-8-14-25(24)33-29(36)27-17-22-12-6-9-15-26(22)34(27)2/h3-6,9-12,15,17,20,23-25H,7-8,13-14,16,18-19,31H2,1-2H3,(H,32,35)(H,33,36)/t20?,23?,24-,25+,30?/m1/s1. The molecule has 0 saturated heterocycles. The first-order chi connectivity index (χ1) is 17.3. The van der Waals surface area contributed by atoms with Crippen LogP contribution in [-0.4, -0.2) is 34.0 Å². The second kappa shape index (κ2) is 10.1. The lowest BCUT2D eigenvalue weighted by Gasteiger charge is -2.32. The molecule has 0 aliphatic heterocycles. The van der Waals surface area contributed by atoms with Gasteiger partial charge in [0.25, 0.3) is 5.91 Å². The summed E-state index contributed by atoms with van der Waals surface area (Å²) in [6, 6.07) is 20.2. The number of carbonyl (C=O) groups excluding carboxylic acids is 2.